The molecule has 1 N–H and O–H groups in total. The van der Waals surface area contributed by atoms with Crippen molar-refractivity contribution in [2.45, 2.75) is 12.5 Å². The fourth-order valence-corrected chi connectivity index (χ4v) is 3.30. The van der Waals surface area contributed by atoms with Gasteiger partial charge in [0.1, 0.15) is 0 Å². The van der Waals surface area contributed by atoms with Crippen molar-refractivity contribution in [3.63, 3.8) is 0 Å². The summed E-state index contributed by atoms with van der Waals surface area (Å²) in [6, 6.07) is 17.7. The summed E-state index contributed by atoms with van der Waals surface area (Å²) in [4.78, 5) is 23.6. The third kappa shape index (κ3) is 5.52. The highest BCUT2D eigenvalue weighted by atomic mass is 35.5. The summed E-state index contributed by atoms with van der Waals surface area (Å²) >= 11 is 5.92. The van der Waals surface area contributed by atoms with Gasteiger partial charge in [0.15, 0.2) is 17.3 Å². The SMILES string of the molecule is COc1ccc(C(CC(=O)c2ccc(Cl)cc2)Nc2cccc([N+](=O)[O-])c2)cc1OC. The molecule has 0 saturated carbocycles. The highest BCUT2D eigenvalue weighted by Gasteiger charge is 2.20. The number of hydrogen-bond donors (Lipinski definition) is 1. The van der Waals surface area contributed by atoms with Gasteiger partial charge >= 0.3 is 0 Å². The van der Waals surface area contributed by atoms with Crippen molar-refractivity contribution in [1.29, 1.82) is 0 Å². The van der Waals surface area contributed by atoms with E-state index < -0.39 is 11.0 Å². The first-order valence-electron chi connectivity index (χ1n) is 9.43. The minimum Gasteiger partial charge on any atom is -0.493 e. The molecule has 3 aromatic carbocycles. The lowest BCUT2D eigenvalue weighted by Gasteiger charge is -2.21. The Labute approximate surface area is 184 Å². The van der Waals surface area contributed by atoms with Crippen LogP contribution in [0.5, 0.6) is 11.5 Å². The van der Waals surface area contributed by atoms with Crippen molar-refractivity contribution in [3.05, 3.63) is 93.0 Å². The third-order valence-corrected chi connectivity index (χ3v) is 5.02. The average molecular weight is 441 g/mol. The van der Waals surface area contributed by atoms with E-state index in [9.17, 15) is 14.9 Å². The molecule has 1 unspecified atom stereocenters. The number of carbonyl (C=O) groups is 1. The molecule has 0 saturated heterocycles. The first kappa shape index (κ1) is 22.1. The predicted molar refractivity (Wildman–Crippen MR) is 119 cm³/mol. The van der Waals surface area contributed by atoms with E-state index in [0.29, 0.717) is 27.8 Å². The lowest BCUT2D eigenvalue weighted by atomic mass is 9.97. The number of Topliss-reactive ketones (excluding diaryl/α,β-unsaturated/α-hetero) is 1. The Bertz CT molecular complexity index is 1090. The molecule has 0 spiro atoms. The monoisotopic (exact) mass is 440 g/mol. The Morgan fingerprint density at radius 2 is 1.74 bits per heavy atom. The topological polar surface area (TPSA) is 90.7 Å². The van der Waals surface area contributed by atoms with Crippen LogP contribution in [-0.2, 0) is 0 Å². The maximum absolute atomic E-state index is 12.9. The number of hydrogen-bond acceptors (Lipinski definition) is 6. The van der Waals surface area contributed by atoms with Gasteiger partial charge in [0.2, 0.25) is 0 Å². The number of halogens is 1. The molecule has 0 bridgehead atoms. The molecule has 1 atom stereocenters. The van der Waals surface area contributed by atoms with Gasteiger partial charge in [0, 0.05) is 34.8 Å². The lowest BCUT2D eigenvalue weighted by molar-refractivity contribution is -0.384. The smallest absolute Gasteiger partial charge is 0.271 e. The minimum atomic E-state index is -0.468. The second kappa shape index (κ2) is 9.95. The van der Waals surface area contributed by atoms with E-state index in [4.69, 9.17) is 21.1 Å². The zero-order valence-electron chi connectivity index (χ0n) is 17.0. The maximum atomic E-state index is 12.9. The first-order chi connectivity index (χ1) is 14.9. The molecule has 3 aromatic rings. The fraction of sp³-hybridized carbons (Fsp3) is 0.174. The standard InChI is InChI=1S/C23H21ClN2O5/c1-30-22-11-8-16(12-23(22)31-2)20(14-21(27)15-6-9-17(24)10-7-15)25-18-4-3-5-19(13-18)26(28)29/h3-13,20,25H,14H2,1-2H3. The van der Waals surface area contributed by atoms with Gasteiger partial charge in [-0.2, -0.15) is 0 Å². The molecular weight excluding hydrogens is 420 g/mol. The van der Waals surface area contributed by atoms with E-state index in [1.165, 1.54) is 19.2 Å². The van der Waals surface area contributed by atoms with Crippen LogP contribution in [0, 0.1) is 10.1 Å². The molecule has 0 radical (unpaired) electrons. The van der Waals surface area contributed by atoms with Gasteiger partial charge in [-0.1, -0.05) is 23.7 Å². The van der Waals surface area contributed by atoms with Crippen LogP contribution in [0.4, 0.5) is 11.4 Å². The normalized spacial score (nSPS) is 11.5. The summed E-state index contributed by atoms with van der Waals surface area (Å²) in [6.07, 6.45) is 0.111. The maximum Gasteiger partial charge on any atom is 0.271 e. The molecule has 0 amide bonds. The Kier molecular flexibility index (Phi) is 7.10. The van der Waals surface area contributed by atoms with Gasteiger partial charge in [0.25, 0.3) is 5.69 Å². The van der Waals surface area contributed by atoms with E-state index >= 15 is 0 Å². The summed E-state index contributed by atoms with van der Waals surface area (Å²) in [5.74, 6) is 0.976. The molecule has 160 valence electrons. The summed E-state index contributed by atoms with van der Waals surface area (Å²) in [6.45, 7) is 0. The number of non-ortho nitro benzene ring substituents is 1. The highest BCUT2D eigenvalue weighted by molar-refractivity contribution is 6.30. The van der Waals surface area contributed by atoms with E-state index in [1.807, 2.05) is 6.07 Å². The van der Waals surface area contributed by atoms with Crippen LogP contribution in [0.25, 0.3) is 0 Å². The number of methoxy groups -OCH3 is 2. The van der Waals surface area contributed by atoms with E-state index in [1.54, 1.807) is 55.6 Å². The number of nitro groups is 1. The van der Waals surface area contributed by atoms with Crippen molar-refractivity contribution in [1.82, 2.24) is 0 Å². The zero-order chi connectivity index (χ0) is 22.4. The van der Waals surface area contributed by atoms with Crippen LogP contribution < -0.4 is 14.8 Å². The summed E-state index contributed by atoms with van der Waals surface area (Å²) in [5, 5.41) is 14.9. The number of nitrogens with one attached hydrogen (secondary N) is 1. The molecule has 0 aliphatic carbocycles. The Balaban J connectivity index is 1.95. The third-order valence-electron chi connectivity index (χ3n) is 4.76. The number of nitro benzene ring substituents is 1. The van der Waals surface area contributed by atoms with Crippen molar-refractivity contribution in [3.8, 4) is 11.5 Å². The van der Waals surface area contributed by atoms with E-state index in [0.717, 1.165) is 5.56 Å². The number of carbonyl (C=O) groups excluding carboxylic acids is 1. The molecule has 31 heavy (non-hydrogen) atoms. The molecule has 3 rings (SSSR count). The van der Waals surface area contributed by atoms with E-state index in [2.05, 4.69) is 5.32 Å². The molecule has 7 nitrogen and oxygen atoms in total. The molecule has 8 heteroatoms. The van der Waals surface area contributed by atoms with Crippen LogP contribution in [0.15, 0.2) is 66.7 Å². The Hall–Kier alpha value is -3.58. The molecule has 0 aromatic heterocycles. The number of rotatable bonds is 9. The Morgan fingerprint density at radius 3 is 2.39 bits per heavy atom. The average Bonchev–Trinajstić information content (AvgIpc) is 2.78. The second-order valence-electron chi connectivity index (χ2n) is 6.75. The first-order valence-corrected chi connectivity index (χ1v) is 9.80. The van der Waals surface area contributed by atoms with Crippen LogP contribution in [0.2, 0.25) is 5.02 Å². The minimum absolute atomic E-state index is 0.0416. The largest absolute Gasteiger partial charge is 0.493 e. The van der Waals surface area contributed by atoms with Gasteiger partial charge in [-0.05, 0) is 48.0 Å². The molecule has 0 aliphatic rings. The van der Waals surface area contributed by atoms with Crippen LogP contribution in [-0.4, -0.2) is 24.9 Å². The second-order valence-corrected chi connectivity index (χ2v) is 7.19. The molecular formula is C23H21ClN2O5. The van der Waals surface area contributed by atoms with Gasteiger partial charge < -0.3 is 14.8 Å². The summed E-state index contributed by atoms with van der Waals surface area (Å²) < 4.78 is 10.7. The zero-order valence-corrected chi connectivity index (χ0v) is 17.8. The number of nitrogens with zero attached hydrogens (tertiary/aromatic N) is 1. The van der Waals surface area contributed by atoms with Gasteiger partial charge in [-0.3, -0.25) is 14.9 Å². The van der Waals surface area contributed by atoms with Gasteiger partial charge in [-0.25, -0.2) is 0 Å². The number of ketones is 1. The number of benzene rings is 3. The predicted octanol–water partition coefficient (Wildman–Crippen LogP) is 5.69. The number of ether oxygens (including phenoxy) is 2. The van der Waals surface area contributed by atoms with Crippen molar-refractivity contribution in [2.75, 3.05) is 19.5 Å². The van der Waals surface area contributed by atoms with Crippen molar-refractivity contribution < 1.29 is 19.2 Å². The quantitative estimate of drug-likeness (QED) is 0.261. The van der Waals surface area contributed by atoms with Crippen LogP contribution in [0.3, 0.4) is 0 Å². The van der Waals surface area contributed by atoms with Gasteiger partial charge in [0.05, 0.1) is 25.2 Å². The van der Waals surface area contributed by atoms with Crippen LogP contribution in [0.1, 0.15) is 28.4 Å². The number of anilines is 1. The lowest BCUT2D eigenvalue weighted by Crippen LogP contribution is -2.16. The molecule has 0 heterocycles. The molecule has 0 aliphatic heterocycles. The summed E-state index contributed by atoms with van der Waals surface area (Å²) in [5.41, 5.74) is 1.78. The van der Waals surface area contributed by atoms with Crippen molar-refractivity contribution >= 4 is 28.8 Å². The Morgan fingerprint density at radius 1 is 1.03 bits per heavy atom. The molecule has 0 fully saturated rings. The van der Waals surface area contributed by atoms with Gasteiger partial charge in [-0.15, -0.1) is 0 Å². The summed E-state index contributed by atoms with van der Waals surface area (Å²) in [7, 11) is 3.07. The van der Waals surface area contributed by atoms with Crippen LogP contribution >= 0.6 is 11.6 Å². The van der Waals surface area contributed by atoms with Crippen molar-refractivity contribution in [2.24, 2.45) is 0 Å². The highest BCUT2D eigenvalue weighted by Crippen LogP contribution is 2.33. The fourth-order valence-electron chi connectivity index (χ4n) is 3.17. The van der Waals surface area contributed by atoms with E-state index in [-0.39, 0.29) is 17.9 Å².